The first kappa shape index (κ1) is 14.2. The van der Waals surface area contributed by atoms with Crippen LogP contribution in [0.5, 0.6) is 0 Å². The fourth-order valence-corrected chi connectivity index (χ4v) is 2.88. The fourth-order valence-electron chi connectivity index (χ4n) is 1.81. The van der Waals surface area contributed by atoms with Crippen LogP contribution in [0, 0.1) is 17.0 Å². The summed E-state index contributed by atoms with van der Waals surface area (Å²) in [6.07, 6.45) is 0. The molecule has 0 aliphatic carbocycles. The van der Waals surface area contributed by atoms with Crippen LogP contribution < -0.4 is 0 Å². The van der Waals surface area contributed by atoms with Gasteiger partial charge in [-0.1, -0.05) is 0 Å². The molecule has 0 aliphatic rings. The van der Waals surface area contributed by atoms with Crippen LogP contribution in [0.4, 0.5) is 5.69 Å². The summed E-state index contributed by atoms with van der Waals surface area (Å²) in [5.74, 6) is -0.339. The predicted molar refractivity (Wildman–Crippen MR) is 77.1 cm³/mol. The minimum absolute atomic E-state index is 0.0496. The number of non-ortho nitro benzene ring substituents is 1. The van der Waals surface area contributed by atoms with E-state index < -0.39 is 4.92 Å². The van der Waals surface area contributed by atoms with E-state index in [2.05, 4.69) is 0 Å². The maximum absolute atomic E-state index is 11.7. The van der Waals surface area contributed by atoms with Gasteiger partial charge in [-0.2, -0.15) is 0 Å². The van der Waals surface area contributed by atoms with Gasteiger partial charge < -0.3 is 4.74 Å². The summed E-state index contributed by atoms with van der Waals surface area (Å²) in [6.45, 7) is 3.99. The molecule has 1 aromatic heterocycles. The molecule has 0 unspecified atom stereocenters. The Morgan fingerprint density at radius 2 is 2.00 bits per heavy atom. The van der Waals surface area contributed by atoms with E-state index >= 15 is 0 Å². The van der Waals surface area contributed by atoms with E-state index in [1.807, 2.05) is 6.92 Å². The lowest BCUT2D eigenvalue weighted by atomic mass is 10.1. The maximum Gasteiger partial charge on any atom is 0.348 e. The minimum Gasteiger partial charge on any atom is -0.462 e. The van der Waals surface area contributed by atoms with Crippen LogP contribution in [0.25, 0.3) is 10.4 Å². The van der Waals surface area contributed by atoms with Crippen LogP contribution in [0.1, 0.15) is 22.2 Å². The largest absolute Gasteiger partial charge is 0.462 e. The lowest BCUT2D eigenvalue weighted by Crippen LogP contribution is -2.01. The van der Waals surface area contributed by atoms with E-state index in [0.29, 0.717) is 11.5 Å². The molecule has 1 aromatic carbocycles. The van der Waals surface area contributed by atoms with Crippen molar-refractivity contribution >= 4 is 23.0 Å². The molecule has 6 heteroatoms. The van der Waals surface area contributed by atoms with Crippen LogP contribution in [-0.4, -0.2) is 17.5 Å². The van der Waals surface area contributed by atoms with Gasteiger partial charge in [0.15, 0.2) is 0 Å². The maximum atomic E-state index is 11.7. The Morgan fingerprint density at radius 3 is 2.55 bits per heavy atom. The van der Waals surface area contributed by atoms with Gasteiger partial charge >= 0.3 is 5.97 Å². The summed E-state index contributed by atoms with van der Waals surface area (Å²) in [4.78, 5) is 23.3. The number of hydrogen-bond donors (Lipinski definition) is 0. The third-order valence-corrected chi connectivity index (χ3v) is 4.00. The normalized spacial score (nSPS) is 10.3. The van der Waals surface area contributed by atoms with E-state index in [9.17, 15) is 14.9 Å². The van der Waals surface area contributed by atoms with Crippen molar-refractivity contribution in [1.82, 2.24) is 0 Å². The Bertz CT molecular complexity index is 646. The van der Waals surface area contributed by atoms with Crippen molar-refractivity contribution in [3.05, 3.63) is 50.9 Å². The highest BCUT2D eigenvalue weighted by Crippen LogP contribution is 2.33. The second-order valence-corrected chi connectivity index (χ2v) is 5.20. The number of nitro groups is 1. The number of carbonyl (C=O) groups is 1. The van der Waals surface area contributed by atoms with Gasteiger partial charge in [-0.25, -0.2) is 4.79 Å². The third-order valence-electron chi connectivity index (χ3n) is 2.73. The highest BCUT2D eigenvalue weighted by molar-refractivity contribution is 7.17. The molecule has 104 valence electrons. The lowest BCUT2D eigenvalue weighted by molar-refractivity contribution is -0.384. The van der Waals surface area contributed by atoms with Crippen LogP contribution in [-0.2, 0) is 4.74 Å². The lowest BCUT2D eigenvalue weighted by Gasteiger charge is -1.99. The molecule has 20 heavy (non-hydrogen) atoms. The molecular formula is C14H13NO4S. The standard InChI is InChI=1S/C14H13NO4S/c1-3-19-14(16)12-8-9(2)13(20-12)10-4-6-11(7-5-10)15(17)18/h4-8H,3H2,1-2H3. The zero-order valence-electron chi connectivity index (χ0n) is 11.1. The fraction of sp³-hybridized carbons (Fsp3) is 0.214. The van der Waals surface area contributed by atoms with Crippen molar-refractivity contribution in [2.24, 2.45) is 0 Å². The number of benzene rings is 1. The molecule has 2 rings (SSSR count). The van der Waals surface area contributed by atoms with Crippen molar-refractivity contribution in [3.63, 3.8) is 0 Å². The van der Waals surface area contributed by atoms with Gasteiger partial charge in [0, 0.05) is 17.0 Å². The van der Waals surface area contributed by atoms with E-state index in [4.69, 9.17) is 4.74 Å². The molecule has 0 amide bonds. The Labute approximate surface area is 120 Å². The van der Waals surface area contributed by atoms with Gasteiger partial charge in [0.1, 0.15) is 4.88 Å². The first-order valence-corrected chi connectivity index (χ1v) is 6.87. The van der Waals surface area contributed by atoms with Crippen LogP contribution in [0.3, 0.4) is 0 Å². The summed E-state index contributed by atoms with van der Waals surface area (Å²) in [7, 11) is 0. The zero-order chi connectivity index (χ0) is 14.7. The van der Waals surface area contributed by atoms with Crippen molar-refractivity contribution in [2.45, 2.75) is 13.8 Å². The average molecular weight is 291 g/mol. The van der Waals surface area contributed by atoms with Crippen molar-refractivity contribution in [2.75, 3.05) is 6.61 Å². The second-order valence-electron chi connectivity index (χ2n) is 4.15. The first-order valence-electron chi connectivity index (χ1n) is 6.05. The highest BCUT2D eigenvalue weighted by Gasteiger charge is 2.15. The number of ether oxygens (including phenoxy) is 1. The number of nitro benzene ring substituents is 1. The number of nitrogens with zero attached hydrogens (tertiary/aromatic N) is 1. The summed E-state index contributed by atoms with van der Waals surface area (Å²) >= 11 is 1.33. The second kappa shape index (κ2) is 5.83. The van der Waals surface area contributed by atoms with Crippen LogP contribution in [0.15, 0.2) is 30.3 Å². The van der Waals surface area contributed by atoms with Crippen LogP contribution in [0.2, 0.25) is 0 Å². The number of aryl methyl sites for hydroxylation is 1. The molecule has 0 spiro atoms. The quantitative estimate of drug-likeness (QED) is 0.488. The molecule has 0 bridgehead atoms. The predicted octanol–water partition coefficient (Wildman–Crippen LogP) is 3.81. The van der Waals surface area contributed by atoms with E-state index in [-0.39, 0.29) is 11.7 Å². The Balaban J connectivity index is 2.33. The molecule has 0 saturated heterocycles. The molecule has 0 atom stereocenters. The Kier molecular flexibility index (Phi) is 4.14. The summed E-state index contributed by atoms with van der Waals surface area (Å²) in [5, 5.41) is 10.6. The van der Waals surface area contributed by atoms with E-state index in [0.717, 1.165) is 16.0 Å². The third kappa shape index (κ3) is 2.85. The minimum atomic E-state index is -0.435. The molecule has 2 aromatic rings. The van der Waals surface area contributed by atoms with Gasteiger partial charge in [-0.15, -0.1) is 11.3 Å². The van der Waals surface area contributed by atoms with Gasteiger partial charge in [0.05, 0.1) is 11.5 Å². The van der Waals surface area contributed by atoms with Crippen molar-refractivity contribution < 1.29 is 14.5 Å². The first-order chi connectivity index (χ1) is 9.52. The molecule has 0 aliphatic heterocycles. The molecule has 1 heterocycles. The number of esters is 1. The van der Waals surface area contributed by atoms with Gasteiger partial charge in [-0.05, 0) is 43.2 Å². The average Bonchev–Trinajstić information content (AvgIpc) is 2.81. The van der Waals surface area contributed by atoms with Crippen LogP contribution >= 0.6 is 11.3 Å². The monoisotopic (exact) mass is 291 g/mol. The highest BCUT2D eigenvalue weighted by atomic mass is 32.1. The number of carbonyl (C=O) groups excluding carboxylic acids is 1. The molecule has 0 N–H and O–H groups in total. The number of hydrogen-bond acceptors (Lipinski definition) is 5. The SMILES string of the molecule is CCOC(=O)c1cc(C)c(-c2ccc([N+](=O)[O-])cc2)s1. The summed E-state index contributed by atoms with van der Waals surface area (Å²) in [6, 6.07) is 8.06. The number of thiophene rings is 1. The molecule has 0 saturated carbocycles. The van der Waals surface area contributed by atoms with Crippen molar-refractivity contribution in [3.8, 4) is 10.4 Å². The van der Waals surface area contributed by atoms with Gasteiger partial charge in [-0.3, -0.25) is 10.1 Å². The topological polar surface area (TPSA) is 69.4 Å². The van der Waals surface area contributed by atoms with Gasteiger partial charge in [0.25, 0.3) is 5.69 Å². The van der Waals surface area contributed by atoms with E-state index in [1.54, 1.807) is 25.1 Å². The molecule has 0 fully saturated rings. The molecule has 5 nitrogen and oxygen atoms in total. The van der Waals surface area contributed by atoms with E-state index in [1.165, 1.54) is 23.5 Å². The summed E-state index contributed by atoms with van der Waals surface area (Å²) in [5.41, 5.74) is 1.86. The summed E-state index contributed by atoms with van der Waals surface area (Å²) < 4.78 is 4.96. The zero-order valence-corrected chi connectivity index (χ0v) is 11.9. The van der Waals surface area contributed by atoms with Gasteiger partial charge in [0.2, 0.25) is 0 Å². The number of rotatable bonds is 4. The molecule has 0 radical (unpaired) electrons. The Morgan fingerprint density at radius 1 is 1.35 bits per heavy atom. The molecular weight excluding hydrogens is 278 g/mol. The smallest absolute Gasteiger partial charge is 0.348 e. The Hall–Kier alpha value is -2.21. The van der Waals surface area contributed by atoms with Crippen molar-refractivity contribution in [1.29, 1.82) is 0 Å².